The molecule has 0 atom stereocenters. The highest BCUT2D eigenvalue weighted by Gasteiger charge is 2.22. The van der Waals surface area contributed by atoms with Crippen LogP contribution in [0.3, 0.4) is 0 Å². The molecule has 1 rings (SSSR count). The Bertz CT molecular complexity index is 605. The number of thiocarbonyl (C=S) groups is 2. The van der Waals surface area contributed by atoms with E-state index in [0.717, 1.165) is 20.6 Å². The zero-order chi connectivity index (χ0) is 20.4. The summed E-state index contributed by atoms with van der Waals surface area (Å²) in [5.74, 6) is 1.37. The van der Waals surface area contributed by atoms with E-state index in [1.807, 2.05) is 50.1 Å². The van der Waals surface area contributed by atoms with E-state index in [-0.39, 0.29) is 11.7 Å². The number of rotatable bonds is 9. The van der Waals surface area contributed by atoms with Crippen molar-refractivity contribution in [2.75, 3.05) is 39.7 Å². The van der Waals surface area contributed by atoms with Crippen LogP contribution in [-0.4, -0.2) is 63.9 Å². The second kappa shape index (κ2) is 12.8. The van der Waals surface area contributed by atoms with Crippen LogP contribution in [0.2, 0.25) is 0 Å². The molecule has 0 aliphatic carbocycles. The van der Waals surface area contributed by atoms with Gasteiger partial charge in [0.25, 0.3) is 0 Å². The van der Waals surface area contributed by atoms with Gasteiger partial charge < -0.3 is 9.80 Å². The fourth-order valence-corrected chi connectivity index (χ4v) is 4.55. The third kappa shape index (κ3) is 8.94. The van der Waals surface area contributed by atoms with E-state index < -0.39 is 0 Å². The number of hydrogen-bond donors (Lipinski definition) is 0. The number of unbranched alkanes of at least 4 members (excludes halogenated alkanes) is 1. The fraction of sp³-hybridized carbons (Fsp3) is 0.550. The highest BCUT2D eigenvalue weighted by atomic mass is 32.2. The van der Waals surface area contributed by atoms with Crippen LogP contribution in [0.5, 0.6) is 0 Å². The molecule has 3 nitrogen and oxygen atoms in total. The number of carbonyl (C=O) groups excluding carboxylic acids is 1. The first-order chi connectivity index (χ1) is 12.8. The van der Waals surface area contributed by atoms with Gasteiger partial charge in [0.05, 0.1) is 0 Å². The topological polar surface area (TPSA) is 23.6 Å². The molecule has 1 aromatic rings. The van der Waals surface area contributed by atoms with Crippen LogP contribution in [0.1, 0.15) is 35.7 Å². The van der Waals surface area contributed by atoms with Gasteiger partial charge in [0.2, 0.25) is 0 Å². The average Bonchev–Trinajstić information content (AvgIpc) is 2.65. The van der Waals surface area contributed by atoms with Crippen LogP contribution in [0.25, 0.3) is 0 Å². The molecule has 1 aromatic carbocycles. The Kier molecular flexibility index (Phi) is 11.5. The monoisotopic (exact) mass is 442 g/mol. The van der Waals surface area contributed by atoms with Gasteiger partial charge in [-0.3, -0.25) is 4.79 Å². The minimum absolute atomic E-state index is 0.128. The number of hydrogen-bond acceptors (Lipinski definition) is 5. The molecular formula is C20H30N2OS4. The molecule has 0 aliphatic rings. The molecule has 0 amide bonds. The van der Waals surface area contributed by atoms with Crippen molar-refractivity contribution in [3.63, 3.8) is 0 Å². The van der Waals surface area contributed by atoms with Gasteiger partial charge in [-0.25, -0.2) is 0 Å². The maximum absolute atomic E-state index is 13.1. The van der Waals surface area contributed by atoms with E-state index in [9.17, 15) is 4.79 Å². The number of aryl methyl sites for hydroxylation is 1. The largest absolute Gasteiger partial charge is 0.364 e. The summed E-state index contributed by atoms with van der Waals surface area (Å²) in [6, 6.07) is 8.08. The van der Waals surface area contributed by atoms with Crippen molar-refractivity contribution in [2.45, 2.75) is 26.2 Å². The number of carbonyl (C=O) groups is 1. The fourth-order valence-electron chi connectivity index (χ4n) is 2.25. The van der Waals surface area contributed by atoms with E-state index in [1.165, 1.54) is 18.4 Å². The van der Waals surface area contributed by atoms with Gasteiger partial charge in [-0.05, 0) is 18.4 Å². The molecular weight excluding hydrogens is 413 g/mol. The summed E-state index contributed by atoms with van der Waals surface area (Å²) in [6.07, 6.45) is 3.41. The molecule has 0 radical (unpaired) electrons. The Balaban J connectivity index is 2.83. The number of benzene rings is 1. The lowest BCUT2D eigenvalue weighted by molar-refractivity contribution is 0.0944. The quantitative estimate of drug-likeness (QED) is 0.392. The first-order valence-corrected chi connectivity index (χ1v) is 11.9. The van der Waals surface area contributed by atoms with Crippen molar-refractivity contribution in [3.05, 3.63) is 35.4 Å². The minimum Gasteiger partial charge on any atom is -0.364 e. The summed E-state index contributed by atoms with van der Waals surface area (Å²) in [7, 11) is 7.71. The number of nitrogens with zero attached hydrogens (tertiary/aromatic N) is 2. The van der Waals surface area contributed by atoms with Gasteiger partial charge in [-0.1, -0.05) is 85.6 Å². The highest BCUT2D eigenvalue weighted by molar-refractivity contribution is 8.23. The Morgan fingerprint density at radius 1 is 0.963 bits per heavy atom. The van der Waals surface area contributed by atoms with Crippen LogP contribution in [-0.2, 0) is 6.42 Å². The molecule has 0 saturated carbocycles. The maximum atomic E-state index is 13.1. The minimum atomic E-state index is -0.128. The first-order valence-electron chi connectivity index (χ1n) is 9.07. The van der Waals surface area contributed by atoms with Gasteiger partial charge >= 0.3 is 0 Å². The normalized spacial score (nSPS) is 10.7. The van der Waals surface area contributed by atoms with Crippen molar-refractivity contribution in [3.8, 4) is 0 Å². The maximum Gasteiger partial charge on any atom is 0.167 e. The second-order valence-corrected chi connectivity index (χ2v) is 10.1. The van der Waals surface area contributed by atoms with Crippen LogP contribution < -0.4 is 0 Å². The Morgan fingerprint density at radius 3 is 1.85 bits per heavy atom. The van der Waals surface area contributed by atoms with E-state index in [0.29, 0.717) is 11.5 Å². The van der Waals surface area contributed by atoms with Crippen LogP contribution >= 0.6 is 48.0 Å². The zero-order valence-corrected chi connectivity index (χ0v) is 20.1. The Morgan fingerprint density at radius 2 is 1.44 bits per heavy atom. The lowest BCUT2D eigenvalue weighted by Crippen LogP contribution is -2.25. The highest BCUT2D eigenvalue weighted by Crippen LogP contribution is 2.23. The molecule has 0 bridgehead atoms. The zero-order valence-electron chi connectivity index (χ0n) is 16.9. The van der Waals surface area contributed by atoms with Crippen molar-refractivity contribution in [1.29, 1.82) is 0 Å². The third-order valence-corrected chi connectivity index (χ3v) is 7.77. The summed E-state index contributed by atoms with van der Waals surface area (Å²) in [5.41, 5.74) is 2.06. The molecule has 0 aliphatic heterocycles. The molecule has 0 spiro atoms. The molecule has 7 heteroatoms. The van der Waals surface area contributed by atoms with Crippen LogP contribution in [0, 0.1) is 5.92 Å². The summed E-state index contributed by atoms with van der Waals surface area (Å²) in [6.45, 7) is 2.19. The predicted molar refractivity (Wildman–Crippen MR) is 130 cm³/mol. The number of Topliss-reactive ketones (excluding diaryl/α,β-unsaturated/α-hetero) is 1. The molecule has 0 heterocycles. The average molecular weight is 443 g/mol. The predicted octanol–water partition coefficient (Wildman–Crippen LogP) is 4.99. The number of ketones is 1. The second-order valence-electron chi connectivity index (χ2n) is 6.80. The first kappa shape index (κ1) is 24.4. The Hall–Kier alpha value is -0.630. The SMILES string of the molecule is CCCCc1ccc(C(=O)C(CSC(=S)N(C)C)CSC(=S)N(C)C)cc1. The van der Waals surface area contributed by atoms with Crippen molar-refractivity contribution >= 4 is 62.4 Å². The molecule has 0 fully saturated rings. The van der Waals surface area contributed by atoms with E-state index in [2.05, 4.69) is 19.1 Å². The van der Waals surface area contributed by atoms with E-state index in [1.54, 1.807) is 23.5 Å². The lowest BCUT2D eigenvalue weighted by Gasteiger charge is -2.20. The Labute approximate surface area is 183 Å². The molecule has 150 valence electrons. The molecule has 0 N–H and O–H groups in total. The van der Waals surface area contributed by atoms with Gasteiger partial charge in [0.1, 0.15) is 8.64 Å². The van der Waals surface area contributed by atoms with Crippen molar-refractivity contribution in [1.82, 2.24) is 9.80 Å². The molecule has 0 unspecified atom stereocenters. The summed E-state index contributed by atoms with van der Waals surface area (Å²) in [4.78, 5) is 16.9. The van der Waals surface area contributed by atoms with E-state index >= 15 is 0 Å². The van der Waals surface area contributed by atoms with Crippen LogP contribution in [0.15, 0.2) is 24.3 Å². The summed E-state index contributed by atoms with van der Waals surface area (Å²) < 4.78 is 1.59. The molecule has 27 heavy (non-hydrogen) atoms. The molecule has 0 saturated heterocycles. The van der Waals surface area contributed by atoms with Crippen LogP contribution in [0.4, 0.5) is 0 Å². The number of thioether (sulfide) groups is 2. The van der Waals surface area contributed by atoms with Crippen molar-refractivity contribution in [2.24, 2.45) is 5.92 Å². The van der Waals surface area contributed by atoms with Gasteiger partial charge in [-0.15, -0.1) is 0 Å². The third-order valence-electron chi connectivity index (χ3n) is 3.97. The summed E-state index contributed by atoms with van der Waals surface area (Å²) in [5, 5.41) is 0. The summed E-state index contributed by atoms with van der Waals surface area (Å²) >= 11 is 13.9. The smallest absolute Gasteiger partial charge is 0.167 e. The lowest BCUT2D eigenvalue weighted by atomic mass is 9.98. The van der Waals surface area contributed by atoms with Gasteiger partial charge in [-0.2, -0.15) is 0 Å². The van der Waals surface area contributed by atoms with Gasteiger partial charge in [0.15, 0.2) is 5.78 Å². The molecule has 0 aromatic heterocycles. The standard InChI is InChI=1S/C20H30N2OS4/c1-6-7-8-15-9-11-16(12-10-15)18(23)17(13-26-19(24)21(2)3)14-27-20(25)22(4)5/h9-12,17H,6-8,13-14H2,1-5H3. The van der Waals surface area contributed by atoms with Crippen molar-refractivity contribution < 1.29 is 4.79 Å². The van der Waals surface area contributed by atoms with Gasteiger partial charge in [0, 0.05) is 51.2 Å². The van der Waals surface area contributed by atoms with E-state index in [4.69, 9.17) is 24.4 Å².